The van der Waals surface area contributed by atoms with Crippen LogP contribution in [-0.4, -0.2) is 19.6 Å². The summed E-state index contributed by atoms with van der Waals surface area (Å²) in [5.74, 6) is -0.236. The largest absolute Gasteiger partial charge is 0.507 e. The predicted octanol–water partition coefficient (Wildman–Crippen LogP) is 2.69. The van der Waals surface area contributed by atoms with Crippen molar-refractivity contribution < 1.29 is 13.5 Å². The summed E-state index contributed by atoms with van der Waals surface area (Å²) in [6.45, 7) is 1.82. The molecule has 0 aliphatic rings. The summed E-state index contributed by atoms with van der Waals surface area (Å²) in [5.41, 5.74) is 1.17. The van der Waals surface area contributed by atoms with Gasteiger partial charge in [-0.15, -0.1) is 0 Å². The second-order valence-electron chi connectivity index (χ2n) is 5.01. The van der Waals surface area contributed by atoms with Crippen LogP contribution in [0.2, 0.25) is 0 Å². The van der Waals surface area contributed by atoms with E-state index in [2.05, 4.69) is 4.72 Å². The molecule has 1 atom stereocenters. The summed E-state index contributed by atoms with van der Waals surface area (Å²) < 4.78 is 27.0. The fourth-order valence-electron chi connectivity index (χ4n) is 2.10. The van der Waals surface area contributed by atoms with Crippen LogP contribution in [0.1, 0.15) is 18.9 Å². The number of para-hydroxylation sites is 1. The second kappa shape index (κ2) is 6.74. The monoisotopic (exact) mass is 305 g/mol. The summed E-state index contributed by atoms with van der Waals surface area (Å²) in [4.78, 5) is -0.0865. The Hall–Kier alpha value is -1.85. The summed E-state index contributed by atoms with van der Waals surface area (Å²) in [7, 11) is -3.69. The Balaban J connectivity index is 1.99. The number of sulfonamides is 1. The predicted molar refractivity (Wildman–Crippen MR) is 82.7 cm³/mol. The molecular weight excluding hydrogens is 286 g/mol. The minimum atomic E-state index is -3.69. The molecule has 0 saturated carbocycles. The molecule has 0 aliphatic carbocycles. The lowest BCUT2D eigenvalue weighted by Gasteiger charge is -2.15. The van der Waals surface area contributed by atoms with E-state index in [-0.39, 0.29) is 16.7 Å². The van der Waals surface area contributed by atoms with Gasteiger partial charge in [-0.25, -0.2) is 13.1 Å². The van der Waals surface area contributed by atoms with Crippen molar-refractivity contribution in [2.45, 2.75) is 30.7 Å². The van der Waals surface area contributed by atoms with E-state index in [1.807, 2.05) is 37.3 Å². The number of phenols is 1. The maximum atomic E-state index is 12.2. The van der Waals surface area contributed by atoms with Crippen LogP contribution < -0.4 is 4.72 Å². The van der Waals surface area contributed by atoms with Crippen LogP contribution in [0, 0.1) is 0 Å². The molecule has 2 N–H and O–H groups in total. The molecule has 5 heteroatoms. The van der Waals surface area contributed by atoms with Crippen molar-refractivity contribution in [1.82, 2.24) is 4.72 Å². The first-order valence-corrected chi connectivity index (χ1v) is 8.31. The molecule has 0 spiro atoms. The maximum absolute atomic E-state index is 12.2. The number of rotatable bonds is 6. The number of phenolic OH excluding ortho intramolecular Hbond substituents is 1. The third-order valence-electron chi connectivity index (χ3n) is 3.22. The van der Waals surface area contributed by atoms with Crippen molar-refractivity contribution in [3.8, 4) is 5.75 Å². The lowest BCUT2D eigenvalue weighted by molar-refractivity contribution is 0.456. The topological polar surface area (TPSA) is 66.4 Å². The Bertz CT molecular complexity index is 684. The molecule has 0 fully saturated rings. The molecule has 112 valence electrons. The van der Waals surface area contributed by atoms with Gasteiger partial charge < -0.3 is 5.11 Å². The van der Waals surface area contributed by atoms with Crippen LogP contribution in [0.5, 0.6) is 5.75 Å². The smallest absolute Gasteiger partial charge is 0.244 e. The number of hydrogen-bond donors (Lipinski definition) is 2. The highest BCUT2D eigenvalue weighted by atomic mass is 32.2. The average Bonchev–Trinajstić information content (AvgIpc) is 2.46. The van der Waals surface area contributed by atoms with E-state index in [0.717, 1.165) is 6.42 Å². The lowest BCUT2D eigenvalue weighted by atomic mass is 10.1. The number of benzene rings is 2. The van der Waals surface area contributed by atoms with Crippen LogP contribution in [0.4, 0.5) is 0 Å². The van der Waals surface area contributed by atoms with Crippen molar-refractivity contribution in [1.29, 1.82) is 0 Å². The SMILES string of the molecule is CC(CCc1ccccc1)NS(=O)(=O)c1ccccc1O. The molecule has 0 bridgehead atoms. The quantitative estimate of drug-likeness (QED) is 0.862. The molecule has 0 heterocycles. The van der Waals surface area contributed by atoms with Gasteiger partial charge in [-0.1, -0.05) is 42.5 Å². The Kier molecular flexibility index (Phi) is 4.98. The fourth-order valence-corrected chi connectivity index (χ4v) is 3.48. The molecule has 21 heavy (non-hydrogen) atoms. The fraction of sp³-hybridized carbons (Fsp3) is 0.250. The minimum Gasteiger partial charge on any atom is -0.507 e. The molecule has 2 aromatic carbocycles. The van der Waals surface area contributed by atoms with E-state index in [1.54, 1.807) is 12.1 Å². The second-order valence-corrected chi connectivity index (χ2v) is 6.70. The molecule has 0 aromatic heterocycles. The Morgan fingerprint density at radius 3 is 2.33 bits per heavy atom. The van der Waals surface area contributed by atoms with Crippen LogP contribution >= 0.6 is 0 Å². The molecule has 0 amide bonds. The van der Waals surface area contributed by atoms with Crippen LogP contribution in [0.3, 0.4) is 0 Å². The Labute approximate surface area is 125 Å². The highest BCUT2D eigenvalue weighted by molar-refractivity contribution is 7.89. The van der Waals surface area contributed by atoms with Gasteiger partial charge >= 0.3 is 0 Å². The van der Waals surface area contributed by atoms with Crippen molar-refractivity contribution in [2.24, 2.45) is 0 Å². The van der Waals surface area contributed by atoms with Crippen molar-refractivity contribution in [2.75, 3.05) is 0 Å². The molecular formula is C16H19NO3S. The zero-order chi connectivity index (χ0) is 15.3. The molecule has 0 radical (unpaired) electrons. The number of hydrogen-bond acceptors (Lipinski definition) is 3. The van der Waals surface area contributed by atoms with E-state index in [0.29, 0.717) is 6.42 Å². The standard InChI is InChI=1S/C16H19NO3S/c1-13(11-12-14-7-3-2-4-8-14)17-21(19,20)16-10-6-5-9-15(16)18/h2-10,13,17-18H,11-12H2,1H3. The van der Waals surface area contributed by atoms with Gasteiger partial charge in [-0.2, -0.15) is 0 Å². The summed E-state index contributed by atoms with van der Waals surface area (Å²) in [6, 6.07) is 15.6. The van der Waals surface area contributed by atoms with Gasteiger partial charge in [0.25, 0.3) is 0 Å². The first kappa shape index (κ1) is 15.5. The molecule has 2 aromatic rings. The third kappa shape index (κ3) is 4.31. The Morgan fingerprint density at radius 2 is 1.67 bits per heavy atom. The highest BCUT2D eigenvalue weighted by Crippen LogP contribution is 2.21. The minimum absolute atomic E-state index is 0.0865. The lowest BCUT2D eigenvalue weighted by Crippen LogP contribution is -2.33. The Morgan fingerprint density at radius 1 is 1.05 bits per heavy atom. The molecule has 2 rings (SSSR count). The summed E-state index contributed by atoms with van der Waals surface area (Å²) >= 11 is 0. The molecule has 4 nitrogen and oxygen atoms in total. The van der Waals surface area contributed by atoms with Crippen LogP contribution in [-0.2, 0) is 16.4 Å². The highest BCUT2D eigenvalue weighted by Gasteiger charge is 2.20. The maximum Gasteiger partial charge on any atom is 0.244 e. The van der Waals surface area contributed by atoms with Gasteiger partial charge in [-0.05, 0) is 37.5 Å². The number of aromatic hydroxyl groups is 1. The normalized spacial score (nSPS) is 13.0. The van der Waals surface area contributed by atoms with E-state index < -0.39 is 10.0 Å². The average molecular weight is 305 g/mol. The van der Waals surface area contributed by atoms with E-state index in [1.165, 1.54) is 17.7 Å². The molecule has 1 unspecified atom stereocenters. The van der Waals surface area contributed by atoms with Crippen LogP contribution in [0.15, 0.2) is 59.5 Å². The van der Waals surface area contributed by atoms with Gasteiger partial charge in [0, 0.05) is 6.04 Å². The van der Waals surface area contributed by atoms with Gasteiger partial charge in [-0.3, -0.25) is 0 Å². The van der Waals surface area contributed by atoms with E-state index in [4.69, 9.17) is 0 Å². The van der Waals surface area contributed by atoms with Crippen molar-refractivity contribution >= 4 is 10.0 Å². The van der Waals surface area contributed by atoms with Crippen LogP contribution in [0.25, 0.3) is 0 Å². The van der Waals surface area contributed by atoms with Crippen molar-refractivity contribution in [3.63, 3.8) is 0 Å². The van der Waals surface area contributed by atoms with Gasteiger partial charge in [0.2, 0.25) is 10.0 Å². The van der Waals surface area contributed by atoms with Gasteiger partial charge in [0.1, 0.15) is 10.6 Å². The third-order valence-corrected chi connectivity index (χ3v) is 4.86. The van der Waals surface area contributed by atoms with E-state index in [9.17, 15) is 13.5 Å². The zero-order valence-corrected chi connectivity index (χ0v) is 12.7. The number of nitrogens with one attached hydrogen (secondary N) is 1. The molecule has 0 aliphatic heterocycles. The summed E-state index contributed by atoms with van der Waals surface area (Å²) in [6.07, 6.45) is 1.49. The first-order valence-electron chi connectivity index (χ1n) is 6.83. The number of aryl methyl sites for hydroxylation is 1. The summed E-state index contributed by atoms with van der Waals surface area (Å²) in [5, 5.41) is 9.65. The van der Waals surface area contributed by atoms with Crippen molar-refractivity contribution in [3.05, 3.63) is 60.2 Å². The van der Waals surface area contributed by atoms with Gasteiger partial charge in [0.15, 0.2) is 0 Å². The van der Waals surface area contributed by atoms with E-state index >= 15 is 0 Å². The zero-order valence-electron chi connectivity index (χ0n) is 11.9. The first-order chi connectivity index (χ1) is 9.99. The molecule has 0 saturated heterocycles. The van der Waals surface area contributed by atoms with Gasteiger partial charge in [0.05, 0.1) is 0 Å².